The topological polar surface area (TPSA) is 3.24 Å². The van der Waals surface area contributed by atoms with E-state index >= 15 is 0 Å². The van der Waals surface area contributed by atoms with Gasteiger partial charge in [0.2, 0.25) is 0 Å². The van der Waals surface area contributed by atoms with Crippen LogP contribution in [0.2, 0.25) is 5.02 Å². The summed E-state index contributed by atoms with van der Waals surface area (Å²) < 4.78 is 0. The third kappa shape index (κ3) is 3.69. The maximum Gasteiger partial charge on any atom is 0.0411 e. The molecule has 1 nitrogen and oxygen atoms in total. The summed E-state index contributed by atoms with van der Waals surface area (Å²) in [4.78, 5) is 2.19. The van der Waals surface area contributed by atoms with Gasteiger partial charge in [-0.25, -0.2) is 0 Å². The van der Waals surface area contributed by atoms with Gasteiger partial charge in [-0.05, 0) is 50.2 Å². The second kappa shape index (κ2) is 5.38. The number of aryl methyl sites for hydroxylation is 1. The van der Waals surface area contributed by atoms with Gasteiger partial charge < -0.3 is 4.90 Å². The number of benzene rings is 1. The Hall–Kier alpha value is -0.530. The number of rotatable bonds is 4. The molecular weight excluding hydrogens is 194 g/mol. The lowest BCUT2D eigenvalue weighted by atomic mass is 10.1. The van der Waals surface area contributed by atoms with Gasteiger partial charge in [0.25, 0.3) is 0 Å². The average molecular weight is 212 g/mol. The molecule has 0 fully saturated rings. The molecule has 0 spiro atoms. The van der Waals surface area contributed by atoms with Crippen LogP contribution in [0.4, 0.5) is 0 Å². The van der Waals surface area contributed by atoms with E-state index in [0.29, 0.717) is 0 Å². The maximum atomic E-state index is 6.03. The molecule has 0 saturated carbocycles. The molecule has 0 heterocycles. The first kappa shape index (κ1) is 11.5. The summed E-state index contributed by atoms with van der Waals surface area (Å²) in [6.07, 6.45) is 2.12. The SMILES string of the molecule is CCc1cc(Cl)cc(CCN(C)C)c1. The first-order valence-electron chi connectivity index (χ1n) is 5.05. The van der Waals surface area contributed by atoms with Crippen LogP contribution < -0.4 is 0 Å². The normalized spacial score (nSPS) is 10.9. The van der Waals surface area contributed by atoms with Gasteiger partial charge >= 0.3 is 0 Å². The minimum Gasteiger partial charge on any atom is -0.309 e. The Kier molecular flexibility index (Phi) is 4.43. The number of hydrogen-bond acceptors (Lipinski definition) is 1. The van der Waals surface area contributed by atoms with Crippen LogP contribution in [0.1, 0.15) is 18.1 Å². The second-order valence-electron chi connectivity index (χ2n) is 3.87. The summed E-state index contributed by atoms with van der Waals surface area (Å²) >= 11 is 6.03. The first-order chi connectivity index (χ1) is 6.61. The zero-order valence-electron chi connectivity index (χ0n) is 9.18. The Morgan fingerprint density at radius 1 is 1.14 bits per heavy atom. The largest absolute Gasteiger partial charge is 0.309 e. The van der Waals surface area contributed by atoms with Crippen LogP contribution >= 0.6 is 11.6 Å². The molecule has 0 N–H and O–H groups in total. The zero-order chi connectivity index (χ0) is 10.6. The smallest absolute Gasteiger partial charge is 0.0411 e. The Morgan fingerprint density at radius 3 is 2.36 bits per heavy atom. The molecule has 0 saturated heterocycles. The lowest BCUT2D eigenvalue weighted by Crippen LogP contribution is -2.15. The number of likely N-dealkylation sites (N-methyl/N-ethyl adjacent to an activating group) is 1. The van der Waals surface area contributed by atoms with E-state index in [2.05, 4.69) is 38.1 Å². The lowest BCUT2D eigenvalue weighted by Gasteiger charge is -2.10. The van der Waals surface area contributed by atoms with E-state index in [0.717, 1.165) is 24.4 Å². The van der Waals surface area contributed by atoms with Crippen molar-refractivity contribution in [2.24, 2.45) is 0 Å². The Balaban J connectivity index is 2.71. The molecule has 0 unspecified atom stereocenters. The second-order valence-corrected chi connectivity index (χ2v) is 4.31. The van der Waals surface area contributed by atoms with Gasteiger partial charge in [0.1, 0.15) is 0 Å². The molecule has 1 rings (SSSR count). The summed E-state index contributed by atoms with van der Waals surface area (Å²) in [7, 11) is 4.18. The molecule has 1 aromatic rings. The highest BCUT2D eigenvalue weighted by Gasteiger charge is 1.99. The molecule has 0 aliphatic carbocycles. The first-order valence-corrected chi connectivity index (χ1v) is 5.42. The standard InChI is InChI=1S/C12H18ClN/c1-4-10-7-11(5-6-14(2)3)9-12(13)8-10/h7-9H,4-6H2,1-3H3. The highest BCUT2D eigenvalue weighted by atomic mass is 35.5. The van der Waals surface area contributed by atoms with Gasteiger partial charge in [0, 0.05) is 11.6 Å². The highest BCUT2D eigenvalue weighted by molar-refractivity contribution is 6.30. The monoisotopic (exact) mass is 211 g/mol. The van der Waals surface area contributed by atoms with Crippen molar-refractivity contribution in [3.63, 3.8) is 0 Å². The summed E-state index contributed by atoms with van der Waals surface area (Å²) in [6.45, 7) is 3.23. The van der Waals surface area contributed by atoms with Crippen LogP contribution in [0.3, 0.4) is 0 Å². The molecule has 0 atom stereocenters. The Bertz CT molecular complexity index is 294. The van der Waals surface area contributed by atoms with E-state index in [1.165, 1.54) is 11.1 Å². The van der Waals surface area contributed by atoms with Crippen LogP contribution in [0, 0.1) is 0 Å². The summed E-state index contributed by atoms with van der Waals surface area (Å²) in [5, 5.41) is 0.859. The molecule has 0 amide bonds. The van der Waals surface area contributed by atoms with Crippen LogP contribution in [-0.4, -0.2) is 25.5 Å². The van der Waals surface area contributed by atoms with Gasteiger partial charge in [-0.1, -0.05) is 24.6 Å². The fraction of sp³-hybridized carbons (Fsp3) is 0.500. The third-order valence-electron chi connectivity index (χ3n) is 2.27. The van der Waals surface area contributed by atoms with Gasteiger partial charge in [-0.15, -0.1) is 0 Å². The fourth-order valence-electron chi connectivity index (χ4n) is 1.42. The molecule has 1 aromatic carbocycles. The Morgan fingerprint density at radius 2 is 1.79 bits per heavy atom. The quantitative estimate of drug-likeness (QED) is 0.740. The van der Waals surface area contributed by atoms with Crippen molar-refractivity contribution >= 4 is 11.6 Å². The molecule has 0 bridgehead atoms. The average Bonchev–Trinajstić information content (AvgIpc) is 2.14. The predicted molar refractivity (Wildman–Crippen MR) is 63.1 cm³/mol. The van der Waals surface area contributed by atoms with Crippen molar-refractivity contribution in [3.05, 3.63) is 34.3 Å². The highest BCUT2D eigenvalue weighted by Crippen LogP contribution is 2.16. The van der Waals surface area contributed by atoms with Crippen molar-refractivity contribution in [2.75, 3.05) is 20.6 Å². The van der Waals surface area contributed by atoms with E-state index < -0.39 is 0 Å². The fourth-order valence-corrected chi connectivity index (χ4v) is 1.70. The van der Waals surface area contributed by atoms with Gasteiger partial charge in [-0.2, -0.15) is 0 Å². The number of hydrogen-bond donors (Lipinski definition) is 0. The van der Waals surface area contributed by atoms with Crippen molar-refractivity contribution in [2.45, 2.75) is 19.8 Å². The third-order valence-corrected chi connectivity index (χ3v) is 2.49. The minimum absolute atomic E-state index is 0.859. The number of nitrogens with zero attached hydrogens (tertiary/aromatic N) is 1. The van der Waals surface area contributed by atoms with E-state index in [-0.39, 0.29) is 0 Å². The summed E-state index contributed by atoms with van der Waals surface area (Å²) in [5.74, 6) is 0. The van der Waals surface area contributed by atoms with Crippen LogP contribution in [0.15, 0.2) is 18.2 Å². The minimum atomic E-state index is 0.859. The van der Waals surface area contributed by atoms with Crippen LogP contribution in [0.25, 0.3) is 0 Å². The van der Waals surface area contributed by atoms with E-state index in [1.54, 1.807) is 0 Å². The van der Waals surface area contributed by atoms with E-state index in [9.17, 15) is 0 Å². The van der Waals surface area contributed by atoms with Gasteiger partial charge in [-0.3, -0.25) is 0 Å². The molecule has 0 radical (unpaired) electrons. The van der Waals surface area contributed by atoms with Gasteiger partial charge in [0.15, 0.2) is 0 Å². The number of halogens is 1. The van der Waals surface area contributed by atoms with Crippen LogP contribution in [-0.2, 0) is 12.8 Å². The molecule has 0 aliphatic heterocycles. The van der Waals surface area contributed by atoms with Gasteiger partial charge in [0.05, 0.1) is 0 Å². The van der Waals surface area contributed by atoms with Crippen molar-refractivity contribution in [3.8, 4) is 0 Å². The van der Waals surface area contributed by atoms with Crippen molar-refractivity contribution in [1.82, 2.24) is 4.90 Å². The molecule has 78 valence electrons. The van der Waals surface area contributed by atoms with Crippen LogP contribution in [0.5, 0.6) is 0 Å². The van der Waals surface area contributed by atoms with Crippen molar-refractivity contribution < 1.29 is 0 Å². The molecule has 14 heavy (non-hydrogen) atoms. The zero-order valence-corrected chi connectivity index (χ0v) is 9.93. The predicted octanol–water partition coefficient (Wildman–Crippen LogP) is 3.01. The summed E-state index contributed by atoms with van der Waals surface area (Å²) in [5.41, 5.74) is 2.66. The molecule has 0 aliphatic rings. The Labute approximate surface area is 91.7 Å². The molecule has 0 aromatic heterocycles. The molecule has 2 heteroatoms. The van der Waals surface area contributed by atoms with E-state index in [4.69, 9.17) is 11.6 Å². The summed E-state index contributed by atoms with van der Waals surface area (Å²) in [6, 6.07) is 6.35. The van der Waals surface area contributed by atoms with E-state index in [1.807, 2.05) is 6.07 Å². The maximum absolute atomic E-state index is 6.03. The van der Waals surface area contributed by atoms with Crippen molar-refractivity contribution in [1.29, 1.82) is 0 Å². The lowest BCUT2D eigenvalue weighted by molar-refractivity contribution is 0.413. The molecular formula is C12H18ClN.